The van der Waals surface area contributed by atoms with Crippen LogP contribution in [0.1, 0.15) is 12.1 Å². The Bertz CT molecular complexity index is 792. The number of rotatable bonds is 4. The van der Waals surface area contributed by atoms with Gasteiger partial charge in [-0.15, -0.1) is 0 Å². The first kappa shape index (κ1) is 12.5. The number of H-pyrrole nitrogens is 1. The van der Waals surface area contributed by atoms with E-state index in [-0.39, 0.29) is 6.42 Å². The van der Waals surface area contributed by atoms with E-state index in [2.05, 4.69) is 9.97 Å². The van der Waals surface area contributed by atoms with Crippen molar-refractivity contribution >= 4 is 27.8 Å². The van der Waals surface area contributed by atoms with Crippen LogP contribution in [0.2, 0.25) is 0 Å². The molecule has 0 saturated carbocycles. The largest absolute Gasteiger partial charge is 0.497 e. The Hall–Kier alpha value is -2.56. The SMILES string of the molecule is COc1ccc2[nH]c3c(CCC(=O)O)nccc3c2c1. The van der Waals surface area contributed by atoms with Crippen molar-refractivity contribution in [1.82, 2.24) is 9.97 Å². The molecular weight excluding hydrogens is 256 g/mol. The number of carboxylic acids is 1. The van der Waals surface area contributed by atoms with Gasteiger partial charge in [-0.3, -0.25) is 9.78 Å². The van der Waals surface area contributed by atoms with E-state index in [9.17, 15) is 4.79 Å². The van der Waals surface area contributed by atoms with Crippen LogP contribution in [-0.2, 0) is 11.2 Å². The highest BCUT2D eigenvalue weighted by molar-refractivity contribution is 6.08. The molecule has 0 atom stereocenters. The lowest BCUT2D eigenvalue weighted by Gasteiger charge is -2.00. The van der Waals surface area contributed by atoms with Gasteiger partial charge in [0.2, 0.25) is 0 Å². The molecule has 0 radical (unpaired) electrons. The van der Waals surface area contributed by atoms with Gasteiger partial charge in [-0.2, -0.15) is 0 Å². The highest BCUT2D eigenvalue weighted by Crippen LogP contribution is 2.29. The Morgan fingerprint density at radius 3 is 2.95 bits per heavy atom. The fraction of sp³-hybridized carbons (Fsp3) is 0.200. The number of aromatic amines is 1. The number of aromatic nitrogens is 2. The number of aryl methyl sites for hydroxylation is 1. The van der Waals surface area contributed by atoms with Gasteiger partial charge in [0.15, 0.2) is 0 Å². The molecule has 0 saturated heterocycles. The molecule has 0 fully saturated rings. The van der Waals surface area contributed by atoms with Crippen molar-refractivity contribution in [2.45, 2.75) is 12.8 Å². The molecule has 20 heavy (non-hydrogen) atoms. The van der Waals surface area contributed by atoms with Gasteiger partial charge in [-0.25, -0.2) is 0 Å². The van der Waals surface area contributed by atoms with Gasteiger partial charge in [-0.1, -0.05) is 0 Å². The fourth-order valence-corrected chi connectivity index (χ4v) is 2.40. The molecule has 3 rings (SSSR count). The van der Waals surface area contributed by atoms with Crippen LogP contribution in [0.5, 0.6) is 5.75 Å². The zero-order valence-electron chi connectivity index (χ0n) is 11.0. The van der Waals surface area contributed by atoms with Crippen molar-refractivity contribution in [3.63, 3.8) is 0 Å². The van der Waals surface area contributed by atoms with Crippen LogP contribution in [0.3, 0.4) is 0 Å². The topological polar surface area (TPSA) is 75.2 Å². The van der Waals surface area contributed by atoms with Crippen LogP contribution in [0.4, 0.5) is 0 Å². The summed E-state index contributed by atoms with van der Waals surface area (Å²) in [5.41, 5.74) is 2.67. The number of nitrogens with zero attached hydrogens (tertiary/aromatic N) is 1. The fourth-order valence-electron chi connectivity index (χ4n) is 2.40. The van der Waals surface area contributed by atoms with Crippen molar-refractivity contribution in [3.8, 4) is 5.75 Å². The van der Waals surface area contributed by atoms with E-state index in [0.717, 1.165) is 33.2 Å². The minimum atomic E-state index is -0.818. The number of pyridine rings is 1. The third-order valence-corrected chi connectivity index (χ3v) is 3.38. The molecule has 5 heteroatoms. The van der Waals surface area contributed by atoms with Crippen LogP contribution >= 0.6 is 0 Å². The maximum Gasteiger partial charge on any atom is 0.303 e. The summed E-state index contributed by atoms with van der Waals surface area (Å²) in [7, 11) is 1.63. The summed E-state index contributed by atoms with van der Waals surface area (Å²) in [6, 6.07) is 7.74. The molecule has 3 aromatic rings. The minimum absolute atomic E-state index is 0.0742. The lowest BCUT2D eigenvalue weighted by molar-refractivity contribution is -0.136. The predicted octanol–water partition coefficient (Wildman–Crippen LogP) is 2.74. The standard InChI is InChI=1S/C15H14N2O3/c1-20-9-2-3-12-11(8-9)10-6-7-16-13(15(10)17-12)4-5-14(18)19/h2-3,6-8,17H,4-5H2,1H3,(H,18,19). The van der Waals surface area contributed by atoms with Crippen LogP contribution in [0.15, 0.2) is 30.5 Å². The molecule has 0 unspecified atom stereocenters. The third-order valence-electron chi connectivity index (χ3n) is 3.38. The Morgan fingerprint density at radius 1 is 1.35 bits per heavy atom. The second-order valence-electron chi connectivity index (χ2n) is 4.61. The van der Waals surface area contributed by atoms with E-state index in [1.807, 2.05) is 24.3 Å². The van der Waals surface area contributed by atoms with Crippen molar-refractivity contribution in [2.24, 2.45) is 0 Å². The normalized spacial score (nSPS) is 11.1. The molecule has 2 aromatic heterocycles. The van der Waals surface area contributed by atoms with Gasteiger partial charge < -0.3 is 14.8 Å². The smallest absolute Gasteiger partial charge is 0.303 e. The number of methoxy groups -OCH3 is 1. The molecule has 0 aliphatic heterocycles. The lowest BCUT2D eigenvalue weighted by atomic mass is 10.1. The summed E-state index contributed by atoms with van der Waals surface area (Å²) in [4.78, 5) is 18.3. The number of carbonyl (C=O) groups is 1. The molecule has 5 nitrogen and oxygen atoms in total. The highest BCUT2D eigenvalue weighted by atomic mass is 16.5. The first-order valence-corrected chi connectivity index (χ1v) is 6.34. The van der Waals surface area contributed by atoms with Gasteiger partial charge in [0.05, 0.1) is 24.7 Å². The molecule has 2 N–H and O–H groups in total. The van der Waals surface area contributed by atoms with Gasteiger partial charge in [0, 0.05) is 28.9 Å². The van der Waals surface area contributed by atoms with Crippen molar-refractivity contribution < 1.29 is 14.6 Å². The second kappa shape index (κ2) is 4.85. The van der Waals surface area contributed by atoms with Gasteiger partial charge in [0.1, 0.15) is 5.75 Å². The molecule has 0 amide bonds. The molecule has 1 aromatic carbocycles. The maximum atomic E-state index is 10.7. The predicted molar refractivity (Wildman–Crippen MR) is 76.1 cm³/mol. The summed E-state index contributed by atoms with van der Waals surface area (Å²) in [6.45, 7) is 0. The number of nitrogens with one attached hydrogen (secondary N) is 1. The number of hydrogen-bond acceptors (Lipinski definition) is 3. The maximum absolute atomic E-state index is 10.7. The van der Waals surface area contributed by atoms with E-state index in [1.165, 1.54) is 0 Å². The number of aliphatic carboxylic acids is 1. The van der Waals surface area contributed by atoms with E-state index >= 15 is 0 Å². The van der Waals surface area contributed by atoms with E-state index in [0.29, 0.717) is 6.42 Å². The van der Waals surface area contributed by atoms with Crippen LogP contribution in [0, 0.1) is 0 Å². The number of carboxylic acid groups (broad SMARTS) is 1. The molecule has 0 bridgehead atoms. The van der Waals surface area contributed by atoms with E-state index in [1.54, 1.807) is 13.3 Å². The Labute approximate surface area is 115 Å². The van der Waals surface area contributed by atoms with Gasteiger partial charge >= 0.3 is 5.97 Å². The van der Waals surface area contributed by atoms with Crippen molar-refractivity contribution in [1.29, 1.82) is 0 Å². The van der Waals surface area contributed by atoms with Gasteiger partial charge in [-0.05, 0) is 24.3 Å². The molecule has 2 heterocycles. The Balaban J connectivity index is 2.17. The summed E-state index contributed by atoms with van der Waals surface area (Å²) in [6.07, 6.45) is 2.20. The van der Waals surface area contributed by atoms with E-state index in [4.69, 9.17) is 9.84 Å². The Morgan fingerprint density at radius 2 is 2.20 bits per heavy atom. The monoisotopic (exact) mass is 270 g/mol. The first-order chi connectivity index (χ1) is 9.69. The molecular formula is C15H14N2O3. The number of benzene rings is 1. The summed E-state index contributed by atoms with van der Waals surface area (Å²) < 4.78 is 5.24. The minimum Gasteiger partial charge on any atom is -0.497 e. The van der Waals surface area contributed by atoms with Crippen LogP contribution in [0.25, 0.3) is 21.8 Å². The lowest BCUT2D eigenvalue weighted by Crippen LogP contribution is -1.99. The van der Waals surface area contributed by atoms with Crippen molar-refractivity contribution in [3.05, 3.63) is 36.2 Å². The highest BCUT2D eigenvalue weighted by Gasteiger charge is 2.11. The van der Waals surface area contributed by atoms with Gasteiger partial charge in [0.25, 0.3) is 0 Å². The number of fused-ring (bicyclic) bond motifs is 3. The number of hydrogen-bond donors (Lipinski definition) is 2. The zero-order valence-corrected chi connectivity index (χ0v) is 11.0. The summed E-state index contributed by atoms with van der Waals surface area (Å²) >= 11 is 0. The average Bonchev–Trinajstić information content (AvgIpc) is 2.83. The quantitative estimate of drug-likeness (QED) is 0.764. The Kier molecular flexibility index (Phi) is 3.02. The molecule has 0 spiro atoms. The molecule has 102 valence electrons. The average molecular weight is 270 g/mol. The first-order valence-electron chi connectivity index (χ1n) is 6.34. The zero-order chi connectivity index (χ0) is 14.1. The summed E-state index contributed by atoms with van der Waals surface area (Å²) in [5, 5.41) is 10.9. The number of ether oxygens (including phenoxy) is 1. The summed E-state index contributed by atoms with van der Waals surface area (Å²) in [5.74, 6) is -0.0242. The molecule has 0 aliphatic carbocycles. The van der Waals surface area contributed by atoms with Crippen molar-refractivity contribution in [2.75, 3.05) is 7.11 Å². The third kappa shape index (κ3) is 2.07. The van der Waals surface area contributed by atoms with E-state index < -0.39 is 5.97 Å². The molecule has 0 aliphatic rings. The second-order valence-corrected chi connectivity index (χ2v) is 4.61. The van der Waals surface area contributed by atoms with Crippen LogP contribution in [-0.4, -0.2) is 28.2 Å². The van der Waals surface area contributed by atoms with Crippen LogP contribution < -0.4 is 4.74 Å².